The number of carbonyl (C=O) groups is 1. The van der Waals surface area contributed by atoms with Crippen LogP contribution in [0.15, 0.2) is 24.3 Å². The van der Waals surface area contributed by atoms with E-state index in [1.54, 1.807) is 6.07 Å². The molecule has 2 aliphatic heterocycles. The lowest BCUT2D eigenvalue weighted by atomic mass is 9.92. The van der Waals surface area contributed by atoms with Crippen molar-refractivity contribution in [3.05, 3.63) is 40.0 Å². The van der Waals surface area contributed by atoms with Crippen LogP contribution in [0.4, 0.5) is 11.4 Å². The highest BCUT2D eigenvalue weighted by molar-refractivity contribution is 5.87. The maximum atomic E-state index is 11.6. The summed E-state index contributed by atoms with van der Waals surface area (Å²) in [6.45, 7) is 2.88. The number of piperidine rings is 1. The van der Waals surface area contributed by atoms with E-state index in [-0.39, 0.29) is 10.6 Å². The highest BCUT2D eigenvalue weighted by Crippen LogP contribution is 2.39. The number of esters is 1. The number of benzene rings is 1. The minimum Gasteiger partial charge on any atom is -0.466 e. The summed E-state index contributed by atoms with van der Waals surface area (Å²) >= 11 is 0. The van der Waals surface area contributed by atoms with Gasteiger partial charge in [-0.25, -0.2) is 4.79 Å². The number of anilines is 1. The zero-order chi connectivity index (χ0) is 18.0. The third-order valence-corrected chi connectivity index (χ3v) is 5.18. The molecule has 0 N–H and O–H groups in total. The van der Waals surface area contributed by atoms with Crippen LogP contribution in [0.2, 0.25) is 0 Å². The van der Waals surface area contributed by atoms with Crippen molar-refractivity contribution in [2.75, 3.05) is 38.7 Å². The molecule has 2 aliphatic rings. The molecule has 2 atom stereocenters. The van der Waals surface area contributed by atoms with Crippen molar-refractivity contribution in [3.63, 3.8) is 0 Å². The number of methoxy groups -OCH3 is 1. The maximum absolute atomic E-state index is 11.6. The number of likely N-dealkylation sites (tertiary alicyclic amines) is 1. The van der Waals surface area contributed by atoms with Crippen LogP contribution in [-0.2, 0) is 9.53 Å². The second-order valence-electron chi connectivity index (χ2n) is 6.72. The lowest BCUT2D eigenvalue weighted by Gasteiger charge is -2.37. The SMILES string of the molecule is COC(=O)/C=C/c1ccc(N2CC[C@@H]3CCN(C)C[C@@H]32)c([N+](=O)[O-])c1. The van der Waals surface area contributed by atoms with Crippen molar-refractivity contribution >= 4 is 23.4 Å². The van der Waals surface area contributed by atoms with Crippen LogP contribution in [0, 0.1) is 16.0 Å². The number of likely N-dealkylation sites (N-methyl/N-ethyl adjacent to an activating group) is 1. The molecule has 134 valence electrons. The van der Waals surface area contributed by atoms with Gasteiger partial charge >= 0.3 is 5.97 Å². The normalized spacial score (nSPS) is 23.7. The standard InChI is InChI=1S/C18H23N3O4/c1-19-9-7-14-8-10-20(17(14)12-19)15-5-3-13(4-6-18(22)25-2)11-16(15)21(23)24/h3-6,11,14,17H,7-10,12H2,1-2H3/b6-4+/t14-,17-/m0/s1. The Bertz CT molecular complexity index is 704. The molecular formula is C18H23N3O4. The molecule has 2 heterocycles. The molecular weight excluding hydrogens is 322 g/mol. The average Bonchev–Trinajstić information content (AvgIpc) is 3.02. The Morgan fingerprint density at radius 2 is 2.12 bits per heavy atom. The third-order valence-electron chi connectivity index (χ3n) is 5.18. The number of nitrogens with zero attached hydrogens (tertiary/aromatic N) is 3. The minimum absolute atomic E-state index is 0.0842. The Kier molecular flexibility index (Phi) is 5.03. The number of nitro groups is 1. The number of carbonyl (C=O) groups excluding carboxylic acids is 1. The van der Waals surface area contributed by atoms with Crippen LogP contribution < -0.4 is 4.90 Å². The first-order valence-electron chi connectivity index (χ1n) is 8.49. The van der Waals surface area contributed by atoms with Crippen LogP contribution in [0.3, 0.4) is 0 Å². The second-order valence-corrected chi connectivity index (χ2v) is 6.72. The molecule has 1 aromatic rings. The molecule has 0 unspecified atom stereocenters. The molecule has 0 amide bonds. The fourth-order valence-electron chi connectivity index (χ4n) is 3.86. The highest BCUT2D eigenvalue weighted by Gasteiger charge is 2.39. The molecule has 0 radical (unpaired) electrons. The Balaban J connectivity index is 1.89. The fraction of sp³-hybridized carbons (Fsp3) is 0.500. The lowest BCUT2D eigenvalue weighted by Crippen LogP contribution is -2.46. The first-order valence-corrected chi connectivity index (χ1v) is 8.49. The molecule has 0 saturated carbocycles. The highest BCUT2D eigenvalue weighted by atomic mass is 16.6. The Labute approximate surface area is 147 Å². The van der Waals surface area contributed by atoms with E-state index in [0.29, 0.717) is 23.2 Å². The molecule has 0 aliphatic carbocycles. The van der Waals surface area contributed by atoms with E-state index >= 15 is 0 Å². The zero-order valence-electron chi connectivity index (χ0n) is 14.6. The number of rotatable bonds is 4. The van der Waals surface area contributed by atoms with Crippen LogP contribution in [0.1, 0.15) is 18.4 Å². The van der Waals surface area contributed by atoms with E-state index in [1.165, 1.54) is 25.3 Å². The summed E-state index contributed by atoms with van der Waals surface area (Å²) in [5.74, 6) is 0.119. The van der Waals surface area contributed by atoms with Crippen LogP contribution in [0.5, 0.6) is 0 Å². The first kappa shape index (κ1) is 17.4. The van der Waals surface area contributed by atoms with Crippen LogP contribution in [-0.4, -0.2) is 55.6 Å². The van der Waals surface area contributed by atoms with Crippen molar-refractivity contribution in [2.45, 2.75) is 18.9 Å². The van der Waals surface area contributed by atoms with Gasteiger partial charge in [0.2, 0.25) is 0 Å². The van der Waals surface area contributed by atoms with Gasteiger partial charge in [-0.3, -0.25) is 10.1 Å². The van der Waals surface area contributed by atoms with Gasteiger partial charge in [0.1, 0.15) is 5.69 Å². The summed E-state index contributed by atoms with van der Waals surface area (Å²) < 4.78 is 4.55. The molecule has 3 rings (SSSR count). The van der Waals surface area contributed by atoms with E-state index in [0.717, 1.165) is 32.5 Å². The first-order chi connectivity index (χ1) is 12.0. The Morgan fingerprint density at radius 1 is 1.36 bits per heavy atom. The van der Waals surface area contributed by atoms with Crippen molar-refractivity contribution in [1.82, 2.24) is 4.90 Å². The molecule has 7 heteroatoms. The number of ether oxygens (including phenoxy) is 1. The van der Waals surface area contributed by atoms with Gasteiger partial charge < -0.3 is 14.5 Å². The summed E-state index contributed by atoms with van der Waals surface area (Å²) in [7, 11) is 3.39. The monoisotopic (exact) mass is 345 g/mol. The topological polar surface area (TPSA) is 75.9 Å². The van der Waals surface area contributed by atoms with Gasteiger partial charge in [0.05, 0.1) is 12.0 Å². The Hall–Kier alpha value is -2.41. The van der Waals surface area contributed by atoms with E-state index in [4.69, 9.17) is 0 Å². The van der Waals surface area contributed by atoms with Gasteiger partial charge in [0.25, 0.3) is 5.69 Å². The number of nitro benzene ring substituents is 1. The molecule has 25 heavy (non-hydrogen) atoms. The van der Waals surface area contributed by atoms with Gasteiger partial charge in [-0.05, 0) is 50.1 Å². The smallest absolute Gasteiger partial charge is 0.330 e. The van der Waals surface area contributed by atoms with E-state index in [9.17, 15) is 14.9 Å². The summed E-state index contributed by atoms with van der Waals surface area (Å²) in [5.41, 5.74) is 1.36. The van der Waals surface area contributed by atoms with Gasteiger partial charge in [0.15, 0.2) is 0 Å². The predicted octanol–water partition coefficient (Wildman–Crippen LogP) is 2.31. The van der Waals surface area contributed by atoms with E-state index < -0.39 is 5.97 Å². The third kappa shape index (κ3) is 3.66. The molecule has 0 aromatic heterocycles. The fourth-order valence-corrected chi connectivity index (χ4v) is 3.86. The molecule has 2 saturated heterocycles. The quantitative estimate of drug-likeness (QED) is 0.361. The van der Waals surface area contributed by atoms with Gasteiger partial charge in [-0.2, -0.15) is 0 Å². The van der Waals surface area contributed by atoms with Crippen LogP contribution in [0.25, 0.3) is 6.08 Å². The number of hydrogen-bond acceptors (Lipinski definition) is 6. The van der Waals surface area contributed by atoms with E-state index in [2.05, 4.69) is 21.6 Å². The second kappa shape index (κ2) is 7.23. The zero-order valence-corrected chi connectivity index (χ0v) is 14.6. The van der Waals surface area contributed by atoms with Gasteiger partial charge in [-0.1, -0.05) is 6.07 Å². The summed E-state index contributed by atoms with van der Waals surface area (Å²) in [5, 5.41) is 11.6. The molecule has 2 fully saturated rings. The minimum atomic E-state index is -0.487. The molecule has 0 bridgehead atoms. The predicted molar refractivity (Wildman–Crippen MR) is 95.5 cm³/mol. The number of fused-ring (bicyclic) bond motifs is 1. The van der Waals surface area contributed by atoms with Gasteiger partial charge in [-0.15, -0.1) is 0 Å². The lowest BCUT2D eigenvalue weighted by molar-refractivity contribution is -0.384. The number of hydrogen-bond donors (Lipinski definition) is 0. The molecule has 7 nitrogen and oxygen atoms in total. The summed E-state index contributed by atoms with van der Waals surface area (Å²) in [4.78, 5) is 26.9. The van der Waals surface area contributed by atoms with Crippen molar-refractivity contribution < 1.29 is 14.5 Å². The molecule has 1 aromatic carbocycles. The average molecular weight is 345 g/mol. The van der Waals surface area contributed by atoms with Crippen molar-refractivity contribution in [3.8, 4) is 0 Å². The van der Waals surface area contributed by atoms with Gasteiger partial charge in [0, 0.05) is 31.3 Å². The van der Waals surface area contributed by atoms with Crippen molar-refractivity contribution in [1.29, 1.82) is 0 Å². The summed E-state index contributed by atoms with van der Waals surface area (Å²) in [6, 6.07) is 5.46. The molecule has 0 spiro atoms. The largest absolute Gasteiger partial charge is 0.466 e. The Morgan fingerprint density at radius 3 is 2.84 bits per heavy atom. The summed E-state index contributed by atoms with van der Waals surface area (Å²) in [6.07, 6.45) is 5.02. The van der Waals surface area contributed by atoms with Crippen LogP contribution >= 0.6 is 0 Å². The van der Waals surface area contributed by atoms with Crippen molar-refractivity contribution in [2.24, 2.45) is 5.92 Å². The van der Waals surface area contributed by atoms with E-state index in [1.807, 2.05) is 6.07 Å². The maximum Gasteiger partial charge on any atom is 0.330 e.